The molecule has 0 aliphatic rings. The molecular weight excluding hydrogens is 221 g/mol. The third-order valence-corrected chi connectivity index (χ3v) is 2.83. The van der Waals surface area contributed by atoms with Gasteiger partial charge in [-0.3, -0.25) is 0 Å². The third kappa shape index (κ3) is 2.10. The Bertz CT molecular complexity index is 524. The second-order valence-corrected chi connectivity index (χ2v) is 3.93. The van der Waals surface area contributed by atoms with Crippen molar-refractivity contribution in [2.75, 3.05) is 25.1 Å². The molecule has 1 N–H and O–H groups in total. The maximum absolute atomic E-state index is 13.1. The molecule has 0 aliphatic carbocycles. The van der Waals surface area contributed by atoms with E-state index < -0.39 is 0 Å². The van der Waals surface area contributed by atoms with Crippen LogP contribution < -0.4 is 4.90 Å². The van der Waals surface area contributed by atoms with E-state index in [0.29, 0.717) is 12.1 Å². The summed E-state index contributed by atoms with van der Waals surface area (Å²) in [5, 5.41) is 9.09. The van der Waals surface area contributed by atoms with Crippen LogP contribution in [0.3, 0.4) is 0 Å². The highest BCUT2D eigenvalue weighted by atomic mass is 19.1. The number of aromatic nitrogens is 2. The number of hydrogen-bond acceptors (Lipinski definition) is 3. The van der Waals surface area contributed by atoms with E-state index in [-0.39, 0.29) is 12.4 Å². The number of halogens is 1. The zero-order chi connectivity index (χ0) is 12.4. The van der Waals surface area contributed by atoms with Crippen LogP contribution in [-0.4, -0.2) is 34.9 Å². The van der Waals surface area contributed by atoms with Crippen LogP contribution in [-0.2, 0) is 6.54 Å². The molecule has 1 aromatic heterocycles. The molecule has 5 heteroatoms. The predicted octanol–water partition coefficient (Wildman–Crippen LogP) is 1.62. The summed E-state index contributed by atoms with van der Waals surface area (Å²) in [7, 11) is 1.92. The van der Waals surface area contributed by atoms with Gasteiger partial charge in [0.05, 0.1) is 17.6 Å². The van der Waals surface area contributed by atoms with Gasteiger partial charge in [0.2, 0.25) is 5.95 Å². The van der Waals surface area contributed by atoms with Crippen LogP contribution in [0.2, 0.25) is 0 Å². The molecule has 2 rings (SSSR count). The lowest BCUT2D eigenvalue weighted by atomic mass is 10.3. The zero-order valence-electron chi connectivity index (χ0n) is 10.0. The van der Waals surface area contributed by atoms with Crippen molar-refractivity contribution in [3.63, 3.8) is 0 Å². The monoisotopic (exact) mass is 237 g/mol. The number of rotatable bonds is 4. The Labute approximate surface area is 99.3 Å². The van der Waals surface area contributed by atoms with Crippen molar-refractivity contribution in [3.05, 3.63) is 24.0 Å². The quantitative estimate of drug-likeness (QED) is 0.878. The molecule has 1 aromatic carbocycles. The third-order valence-electron chi connectivity index (χ3n) is 2.83. The van der Waals surface area contributed by atoms with Gasteiger partial charge in [-0.1, -0.05) is 0 Å². The molecule has 17 heavy (non-hydrogen) atoms. The lowest BCUT2D eigenvalue weighted by Crippen LogP contribution is -2.21. The molecule has 0 amide bonds. The standard InChI is InChI=1S/C12H16FN3O/c1-3-15(2)12-14-10-8-9(13)4-5-11(10)16(12)6-7-17/h4-5,8,17H,3,6-7H2,1-2H3. The number of hydrogen-bond donors (Lipinski definition) is 1. The smallest absolute Gasteiger partial charge is 0.206 e. The van der Waals surface area contributed by atoms with Crippen molar-refractivity contribution in [3.8, 4) is 0 Å². The summed E-state index contributed by atoms with van der Waals surface area (Å²) < 4.78 is 15.0. The molecule has 0 fully saturated rings. The van der Waals surface area contributed by atoms with E-state index in [1.807, 2.05) is 23.4 Å². The van der Waals surface area contributed by atoms with E-state index >= 15 is 0 Å². The Morgan fingerprint density at radius 1 is 1.47 bits per heavy atom. The number of aliphatic hydroxyl groups is 1. The first-order chi connectivity index (χ1) is 8.17. The van der Waals surface area contributed by atoms with Gasteiger partial charge in [-0.15, -0.1) is 0 Å². The van der Waals surface area contributed by atoms with Gasteiger partial charge in [-0.05, 0) is 19.1 Å². The molecule has 0 unspecified atom stereocenters. The molecule has 0 saturated carbocycles. The lowest BCUT2D eigenvalue weighted by Gasteiger charge is -2.17. The molecule has 0 spiro atoms. The van der Waals surface area contributed by atoms with Crippen LogP contribution in [0.5, 0.6) is 0 Å². The fourth-order valence-corrected chi connectivity index (χ4v) is 1.84. The van der Waals surface area contributed by atoms with Crippen LogP contribution in [0.4, 0.5) is 10.3 Å². The van der Waals surface area contributed by atoms with Gasteiger partial charge >= 0.3 is 0 Å². The first kappa shape index (κ1) is 11.9. The Morgan fingerprint density at radius 2 is 2.24 bits per heavy atom. The lowest BCUT2D eigenvalue weighted by molar-refractivity contribution is 0.278. The minimum atomic E-state index is -0.295. The number of aliphatic hydroxyl groups excluding tert-OH is 1. The molecular formula is C12H16FN3O. The normalized spacial score (nSPS) is 11.1. The van der Waals surface area contributed by atoms with Gasteiger partial charge in [0, 0.05) is 26.2 Å². The number of benzene rings is 1. The van der Waals surface area contributed by atoms with Crippen molar-refractivity contribution in [2.24, 2.45) is 0 Å². The van der Waals surface area contributed by atoms with Crippen molar-refractivity contribution >= 4 is 17.0 Å². The Balaban J connectivity index is 2.61. The van der Waals surface area contributed by atoms with Gasteiger partial charge < -0.3 is 14.6 Å². The maximum atomic E-state index is 13.1. The van der Waals surface area contributed by atoms with E-state index in [1.165, 1.54) is 12.1 Å². The fraction of sp³-hybridized carbons (Fsp3) is 0.417. The van der Waals surface area contributed by atoms with Gasteiger partial charge in [0.25, 0.3) is 0 Å². The molecule has 92 valence electrons. The Hall–Kier alpha value is -1.62. The van der Waals surface area contributed by atoms with Gasteiger partial charge in [-0.2, -0.15) is 0 Å². The maximum Gasteiger partial charge on any atom is 0.206 e. The van der Waals surface area contributed by atoms with Gasteiger partial charge in [0.15, 0.2) is 0 Å². The van der Waals surface area contributed by atoms with E-state index in [1.54, 1.807) is 6.07 Å². The second kappa shape index (κ2) is 4.71. The topological polar surface area (TPSA) is 41.3 Å². The van der Waals surface area contributed by atoms with E-state index in [0.717, 1.165) is 18.0 Å². The van der Waals surface area contributed by atoms with Gasteiger partial charge in [-0.25, -0.2) is 9.37 Å². The summed E-state index contributed by atoms with van der Waals surface area (Å²) >= 11 is 0. The van der Waals surface area contributed by atoms with Crippen LogP contribution in [0.25, 0.3) is 11.0 Å². The van der Waals surface area contributed by atoms with Crippen LogP contribution in [0.1, 0.15) is 6.92 Å². The van der Waals surface area contributed by atoms with Crippen LogP contribution in [0, 0.1) is 5.82 Å². The molecule has 2 aromatic rings. The molecule has 0 aliphatic heterocycles. The first-order valence-electron chi connectivity index (χ1n) is 5.65. The zero-order valence-corrected chi connectivity index (χ0v) is 10.0. The Kier molecular flexibility index (Phi) is 3.28. The minimum Gasteiger partial charge on any atom is -0.395 e. The second-order valence-electron chi connectivity index (χ2n) is 3.93. The summed E-state index contributed by atoms with van der Waals surface area (Å²) in [5.41, 5.74) is 1.46. The van der Waals surface area contributed by atoms with Crippen LogP contribution >= 0.6 is 0 Å². The largest absolute Gasteiger partial charge is 0.395 e. The summed E-state index contributed by atoms with van der Waals surface area (Å²) in [5.74, 6) is 0.457. The molecule has 4 nitrogen and oxygen atoms in total. The summed E-state index contributed by atoms with van der Waals surface area (Å²) in [6, 6.07) is 4.52. The summed E-state index contributed by atoms with van der Waals surface area (Å²) in [4.78, 5) is 6.37. The van der Waals surface area contributed by atoms with Crippen LogP contribution in [0.15, 0.2) is 18.2 Å². The SMILES string of the molecule is CCN(C)c1nc2cc(F)ccc2n1CCO. The molecule has 0 radical (unpaired) electrons. The molecule has 1 heterocycles. The summed E-state index contributed by atoms with van der Waals surface area (Å²) in [6.07, 6.45) is 0. The highest BCUT2D eigenvalue weighted by molar-refractivity contribution is 5.78. The fourth-order valence-electron chi connectivity index (χ4n) is 1.84. The molecule has 0 atom stereocenters. The number of fused-ring (bicyclic) bond motifs is 1. The van der Waals surface area contributed by atoms with Crippen molar-refractivity contribution in [1.29, 1.82) is 0 Å². The highest BCUT2D eigenvalue weighted by Gasteiger charge is 2.13. The van der Waals surface area contributed by atoms with Crippen molar-refractivity contribution < 1.29 is 9.50 Å². The number of imidazole rings is 1. The van der Waals surface area contributed by atoms with Gasteiger partial charge in [0.1, 0.15) is 5.82 Å². The van der Waals surface area contributed by atoms with E-state index in [2.05, 4.69) is 4.98 Å². The predicted molar refractivity (Wildman–Crippen MR) is 65.7 cm³/mol. The minimum absolute atomic E-state index is 0.0351. The van der Waals surface area contributed by atoms with Crippen molar-refractivity contribution in [1.82, 2.24) is 9.55 Å². The molecule has 0 saturated heterocycles. The first-order valence-corrected chi connectivity index (χ1v) is 5.65. The van der Waals surface area contributed by atoms with E-state index in [9.17, 15) is 4.39 Å². The average molecular weight is 237 g/mol. The number of nitrogens with zero attached hydrogens (tertiary/aromatic N) is 3. The average Bonchev–Trinajstić information content (AvgIpc) is 2.67. The molecule has 0 bridgehead atoms. The van der Waals surface area contributed by atoms with E-state index in [4.69, 9.17) is 5.11 Å². The highest BCUT2D eigenvalue weighted by Crippen LogP contribution is 2.22. The summed E-state index contributed by atoms with van der Waals surface area (Å²) in [6.45, 7) is 3.32. The van der Waals surface area contributed by atoms with Crippen molar-refractivity contribution in [2.45, 2.75) is 13.5 Å². The Morgan fingerprint density at radius 3 is 2.88 bits per heavy atom. The number of anilines is 1.